The topological polar surface area (TPSA) is 15.6 Å². The van der Waals surface area contributed by atoms with Gasteiger partial charge in [-0.25, -0.2) is 4.99 Å². The van der Waals surface area contributed by atoms with E-state index in [9.17, 15) is 0 Å². The predicted molar refractivity (Wildman–Crippen MR) is 47.8 cm³/mol. The summed E-state index contributed by atoms with van der Waals surface area (Å²) in [5, 5.41) is 0. The minimum Gasteiger partial charge on any atom is -0.373 e. The van der Waals surface area contributed by atoms with E-state index in [1.807, 2.05) is 13.1 Å². The zero-order chi connectivity index (χ0) is 6.85. The molecular weight excluding hydrogens is 227 g/mol. The molecule has 0 spiro atoms. The Morgan fingerprint density at radius 3 is 2.89 bits per heavy atom. The standard InChI is InChI=1S/C6H9IN2/c1-5-3-9(2)4-6(7)8-5/h3H,4H2,1-2H3. The van der Waals surface area contributed by atoms with Crippen molar-refractivity contribution >= 4 is 26.3 Å². The summed E-state index contributed by atoms with van der Waals surface area (Å²) in [7, 11) is 2.05. The molecule has 3 heteroatoms. The maximum atomic E-state index is 4.26. The number of hydrogen-bond donors (Lipinski definition) is 0. The maximum absolute atomic E-state index is 4.26. The third-order valence-electron chi connectivity index (χ3n) is 1.08. The van der Waals surface area contributed by atoms with E-state index in [0.717, 1.165) is 16.0 Å². The van der Waals surface area contributed by atoms with Gasteiger partial charge in [-0.3, -0.25) is 0 Å². The van der Waals surface area contributed by atoms with Crippen molar-refractivity contribution in [1.82, 2.24) is 4.90 Å². The molecule has 0 amide bonds. The van der Waals surface area contributed by atoms with Gasteiger partial charge in [0.25, 0.3) is 0 Å². The van der Waals surface area contributed by atoms with Crippen molar-refractivity contribution in [2.24, 2.45) is 4.99 Å². The van der Waals surface area contributed by atoms with E-state index < -0.39 is 0 Å². The second kappa shape index (κ2) is 2.68. The van der Waals surface area contributed by atoms with Gasteiger partial charge in [0, 0.05) is 13.2 Å². The Hall–Kier alpha value is -0.0600. The van der Waals surface area contributed by atoms with Crippen LogP contribution in [-0.2, 0) is 0 Å². The fourth-order valence-corrected chi connectivity index (χ4v) is 1.74. The summed E-state index contributed by atoms with van der Waals surface area (Å²) in [4.78, 5) is 6.38. The molecule has 0 aromatic heterocycles. The van der Waals surface area contributed by atoms with Gasteiger partial charge in [-0.05, 0) is 29.5 Å². The van der Waals surface area contributed by atoms with Crippen LogP contribution in [0.4, 0.5) is 0 Å². The van der Waals surface area contributed by atoms with Crippen LogP contribution in [0.3, 0.4) is 0 Å². The molecule has 0 unspecified atom stereocenters. The number of hydrogen-bond acceptors (Lipinski definition) is 2. The highest BCUT2D eigenvalue weighted by Crippen LogP contribution is 2.08. The van der Waals surface area contributed by atoms with E-state index in [4.69, 9.17) is 0 Å². The molecule has 1 aliphatic heterocycles. The van der Waals surface area contributed by atoms with Crippen LogP contribution >= 0.6 is 22.6 Å². The Kier molecular flexibility index (Phi) is 2.10. The molecular formula is C6H9IN2. The van der Waals surface area contributed by atoms with Crippen molar-refractivity contribution in [3.05, 3.63) is 11.9 Å². The van der Waals surface area contributed by atoms with Crippen molar-refractivity contribution in [3.63, 3.8) is 0 Å². The van der Waals surface area contributed by atoms with Crippen LogP contribution in [0.2, 0.25) is 0 Å². The quantitative estimate of drug-likeness (QED) is 0.583. The molecule has 0 bridgehead atoms. The number of halogens is 1. The van der Waals surface area contributed by atoms with E-state index in [1.165, 1.54) is 0 Å². The number of allylic oxidation sites excluding steroid dienone is 1. The molecule has 1 aliphatic rings. The lowest BCUT2D eigenvalue weighted by Gasteiger charge is -2.17. The van der Waals surface area contributed by atoms with Crippen LogP contribution < -0.4 is 0 Å². The van der Waals surface area contributed by atoms with Crippen LogP contribution in [0.15, 0.2) is 16.9 Å². The summed E-state index contributed by atoms with van der Waals surface area (Å²) in [6.07, 6.45) is 2.04. The first-order valence-electron chi connectivity index (χ1n) is 2.80. The Bertz CT molecular complexity index is 172. The Labute approximate surface area is 68.8 Å². The molecule has 0 atom stereocenters. The second-order valence-corrected chi connectivity index (χ2v) is 3.42. The van der Waals surface area contributed by atoms with Gasteiger partial charge in [-0.15, -0.1) is 0 Å². The highest BCUT2D eigenvalue weighted by atomic mass is 127. The minimum atomic E-state index is 0.956. The van der Waals surface area contributed by atoms with Crippen molar-refractivity contribution in [2.45, 2.75) is 6.92 Å². The average Bonchev–Trinajstić information content (AvgIpc) is 1.59. The number of nitrogens with zero attached hydrogens (tertiary/aromatic N) is 2. The molecule has 1 heterocycles. The molecule has 0 aliphatic carbocycles. The molecule has 0 aromatic carbocycles. The number of rotatable bonds is 0. The Morgan fingerprint density at radius 1 is 1.78 bits per heavy atom. The molecule has 0 saturated heterocycles. The molecule has 0 saturated carbocycles. The van der Waals surface area contributed by atoms with Gasteiger partial charge < -0.3 is 4.90 Å². The van der Waals surface area contributed by atoms with Crippen LogP contribution in [0, 0.1) is 0 Å². The predicted octanol–water partition coefficient (Wildman–Crippen LogP) is 1.63. The normalized spacial score (nSPS) is 19.2. The van der Waals surface area contributed by atoms with Crippen LogP contribution in [0.5, 0.6) is 0 Å². The zero-order valence-corrected chi connectivity index (χ0v) is 7.71. The van der Waals surface area contributed by atoms with Crippen molar-refractivity contribution in [3.8, 4) is 0 Å². The Morgan fingerprint density at radius 2 is 2.44 bits per heavy atom. The van der Waals surface area contributed by atoms with Gasteiger partial charge in [0.1, 0.15) is 0 Å². The number of aliphatic imine (C=N–C) groups is 1. The smallest absolute Gasteiger partial charge is 0.0979 e. The summed E-state index contributed by atoms with van der Waals surface area (Å²) in [5.41, 5.74) is 1.09. The summed E-state index contributed by atoms with van der Waals surface area (Å²) < 4.78 is 1.16. The molecule has 0 N–H and O–H groups in total. The molecule has 50 valence electrons. The largest absolute Gasteiger partial charge is 0.373 e. The SMILES string of the molecule is CC1=CN(C)CC(I)=N1. The van der Waals surface area contributed by atoms with Gasteiger partial charge in [-0.1, -0.05) is 0 Å². The van der Waals surface area contributed by atoms with Crippen LogP contribution in [-0.4, -0.2) is 22.2 Å². The molecule has 0 fully saturated rings. The van der Waals surface area contributed by atoms with Crippen molar-refractivity contribution in [2.75, 3.05) is 13.6 Å². The maximum Gasteiger partial charge on any atom is 0.0979 e. The van der Waals surface area contributed by atoms with Gasteiger partial charge >= 0.3 is 0 Å². The summed E-state index contributed by atoms with van der Waals surface area (Å²) >= 11 is 2.25. The molecule has 9 heavy (non-hydrogen) atoms. The fourth-order valence-electron chi connectivity index (χ4n) is 0.826. The van der Waals surface area contributed by atoms with Gasteiger partial charge in [0.05, 0.1) is 16.0 Å². The van der Waals surface area contributed by atoms with Gasteiger partial charge in [-0.2, -0.15) is 0 Å². The van der Waals surface area contributed by atoms with Gasteiger partial charge in [0.2, 0.25) is 0 Å². The highest BCUT2D eigenvalue weighted by molar-refractivity contribution is 14.1. The van der Waals surface area contributed by atoms with Gasteiger partial charge in [0.15, 0.2) is 0 Å². The second-order valence-electron chi connectivity index (χ2n) is 2.17. The summed E-state index contributed by atoms with van der Waals surface area (Å²) in [5.74, 6) is 0. The van der Waals surface area contributed by atoms with E-state index in [2.05, 4.69) is 39.5 Å². The van der Waals surface area contributed by atoms with E-state index in [1.54, 1.807) is 0 Å². The summed E-state index contributed by atoms with van der Waals surface area (Å²) in [6.45, 7) is 2.96. The minimum absolute atomic E-state index is 0.956. The lowest BCUT2D eigenvalue weighted by molar-refractivity contribution is 0.515. The fraction of sp³-hybridized carbons (Fsp3) is 0.500. The Balaban J connectivity index is 2.74. The average molecular weight is 236 g/mol. The van der Waals surface area contributed by atoms with Crippen molar-refractivity contribution < 1.29 is 0 Å². The molecule has 1 rings (SSSR count). The molecule has 0 radical (unpaired) electrons. The molecule has 0 aromatic rings. The summed E-state index contributed by atoms with van der Waals surface area (Å²) in [6, 6.07) is 0. The molecule has 2 nitrogen and oxygen atoms in total. The highest BCUT2D eigenvalue weighted by Gasteiger charge is 2.03. The zero-order valence-electron chi connectivity index (χ0n) is 5.56. The van der Waals surface area contributed by atoms with Crippen LogP contribution in [0.1, 0.15) is 6.92 Å². The third kappa shape index (κ3) is 1.97. The first kappa shape index (κ1) is 7.05. The lowest BCUT2D eigenvalue weighted by atomic mass is 10.4. The van der Waals surface area contributed by atoms with Crippen LogP contribution in [0.25, 0.3) is 0 Å². The monoisotopic (exact) mass is 236 g/mol. The van der Waals surface area contributed by atoms with E-state index >= 15 is 0 Å². The lowest BCUT2D eigenvalue weighted by Crippen LogP contribution is -2.20. The first-order chi connectivity index (χ1) is 4.18. The first-order valence-corrected chi connectivity index (χ1v) is 3.88. The third-order valence-corrected chi connectivity index (χ3v) is 1.67. The van der Waals surface area contributed by atoms with E-state index in [0.29, 0.717) is 0 Å². The van der Waals surface area contributed by atoms with E-state index in [-0.39, 0.29) is 0 Å². The van der Waals surface area contributed by atoms with Crippen molar-refractivity contribution in [1.29, 1.82) is 0 Å².